The Morgan fingerprint density at radius 2 is 1.82 bits per heavy atom. The molecule has 1 atom stereocenters. The summed E-state index contributed by atoms with van der Waals surface area (Å²) in [5, 5.41) is 7.49. The van der Waals surface area contributed by atoms with Crippen LogP contribution in [0.4, 0.5) is 11.5 Å². The van der Waals surface area contributed by atoms with Gasteiger partial charge in [-0.05, 0) is 24.6 Å². The minimum Gasteiger partial charge on any atom is -0.313 e. The van der Waals surface area contributed by atoms with Crippen molar-refractivity contribution in [3.8, 4) is 0 Å². The summed E-state index contributed by atoms with van der Waals surface area (Å²) in [7, 11) is 1.84. The van der Waals surface area contributed by atoms with E-state index in [1.54, 1.807) is 44.4 Å². The lowest BCUT2D eigenvalue weighted by atomic mass is 10.0. The molecule has 0 bridgehead atoms. The van der Waals surface area contributed by atoms with E-state index >= 15 is 0 Å². The van der Waals surface area contributed by atoms with E-state index in [0.29, 0.717) is 29.8 Å². The third-order valence-electron chi connectivity index (χ3n) is 6.66. The summed E-state index contributed by atoms with van der Waals surface area (Å²) in [6.45, 7) is 0.364. The van der Waals surface area contributed by atoms with Crippen LogP contribution in [-0.2, 0) is 23.3 Å². The number of carbonyl (C=O) groups is 3. The standard InChI is InChI=1S/C25H23N5O3S/c1-28-22(18-13-34-14-19(18)27-28)26-21(31)11-6-12-29-23-15-7-2-3-8-16(15)25(33)30(23)20-10-5-4-9-17(20)24(29)32/h2-5,7-10,23H,6,11-14H2,1H3,(H,26,31)/t23-/m0/s1. The number of hydrogen-bond acceptors (Lipinski definition) is 5. The number of hydrogen-bond donors (Lipinski definition) is 1. The summed E-state index contributed by atoms with van der Waals surface area (Å²) in [6.07, 6.45) is 0.252. The lowest BCUT2D eigenvalue weighted by Gasteiger charge is -2.41. The molecule has 0 fully saturated rings. The van der Waals surface area contributed by atoms with Gasteiger partial charge in [-0.3, -0.25) is 24.0 Å². The average Bonchev–Trinajstić information content (AvgIpc) is 3.50. The molecular weight excluding hydrogens is 450 g/mol. The van der Waals surface area contributed by atoms with Gasteiger partial charge in [0.25, 0.3) is 11.8 Å². The van der Waals surface area contributed by atoms with Crippen LogP contribution < -0.4 is 10.2 Å². The second-order valence-electron chi connectivity index (χ2n) is 8.69. The van der Waals surface area contributed by atoms with Gasteiger partial charge in [0.05, 0.1) is 16.9 Å². The monoisotopic (exact) mass is 473 g/mol. The van der Waals surface area contributed by atoms with Crippen LogP contribution in [0.25, 0.3) is 0 Å². The van der Waals surface area contributed by atoms with Crippen LogP contribution in [-0.4, -0.2) is 38.9 Å². The van der Waals surface area contributed by atoms with Crippen LogP contribution in [0.2, 0.25) is 0 Å². The number of amides is 3. The Bertz CT molecular complexity index is 1350. The molecule has 6 rings (SSSR count). The van der Waals surface area contributed by atoms with Gasteiger partial charge in [0.2, 0.25) is 5.91 Å². The van der Waals surface area contributed by atoms with Gasteiger partial charge in [0, 0.05) is 48.2 Å². The van der Waals surface area contributed by atoms with Crippen LogP contribution in [0.3, 0.4) is 0 Å². The van der Waals surface area contributed by atoms with E-state index < -0.39 is 6.17 Å². The van der Waals surface area contributed by atoms with Gasteiger partial charge < -0.3 is 10.2 Å². The molecular formula is C25H23N5O3S. The number of carbonyl (C=O) groups excluding carboxylic acids is 3. The Hall–Kier alpha value is -3.59. The summed E-state index contributed by atoms with van der Waals surface area (Å²) < 4.78 is 1.73. The lowest BCUT2D eigenvalue weighted by molar-refractivity contribution is -0.116. The molecule has 1 N–H and O–H groups in total. The van der Waals surface area contributed by atoms with Crippen molar-refractivity contribution in [3.05, 3.63) is 76.5 Å². The third-order valence-corrected chi connectivity index (χ3v) is 7.63. The van der Waals surface area contributed by atoms with Crippen molar-refractivity contribution in [3.63, 3.8) is 0 Å². The Kier molecular flexibility index (Phi) is 4.95. The summed E-state index contributed by atoms with van der Waals surface area (Å²) in [6, 6.07) is 14.7. The molecule has 0 radical (unpaired) electrons. The summed E-state index contributed by atoms with van der Waals surface area (Å²) >= 11 is 1.79. The molecule has 0 saturated carbocycles. The van der Waals surface area contributed by atoms with Crippen molar-refractivity contribution in [1.82, 2.24) is 14.7 Å². The van der Waals surface area contributed by atoms with Crippen molar-refractivity contribution in [2.24, 2.45) is 7.05 Å². The fraction of sp³-hybridized carbons (Fsp3) is 0.280. The number of thioether (sulfide) groups is 1. The van der Waals surface area contributed by atoms with Crippen LogP contribution >= 0.6 is 11.8 Å². The molecule has 0 spiro atoms. The number of fused-ring (bicyclic) bond motifs is 6. The Labute approximate surface area is 200 Å². The molecule has 4 heterocycles. The molecule has 3 aromatic rings. The number of nitrogens with one attached hydrogen (secondary N) is 1. The first-order valence-corrected chi connectivity index (χ1v) is 12.4. The van der Waals surface area contributed by atoms with Crippen LogP contribution in [0.5, 0.6) is 0 Å². The number of nitrogens with zero attached hydrogens (tertiary/aromatic N) is 4. The molecule has 0 saturated heterocycles. The maximum atomic E-state index is 13.5. The van der Waals surface area contributed by atoms with Gasteiger partial charge in [-0.25, -0.2) is 0 Å². The summed E-state index contributed by atoms with van der Waals surface area (Å²) in [5.74, 6) is 2.15. The molecule has 9 heteroatoms. The number of aryl methyl sites for hydroxylation is 1. The number of benzene rings is 2. The van der Waals surface area contributed by atoms with Crippen LogP contribution in [0, 0.1) is 0 Å². The van der Waals surface area contributed by atoms with E-state index in [4.69, 9.17) is 0 Å². The number of anilines is 2. The second kappa shape index (κ2) is 8.02. The molecule has 8 nitrogen and oxygen atoms in total. The summed E-state index contributed by atoms with van der Waals surface area (Å²) in [4.78, 5) is 42.9. The Morgan fingerprint density at radius 3 is 2.68 bits per heavy atom. The molecule has 172 valence electrons. The van der Waals surface area contributed by atoms with E-state index in [1.807, 2.05) is 37.4 Å². The maximum absolute atomic E-state index is 13.5. The van der Waals surface area contributed by atoms with E-state index in [2.05, 4.69) is 10.4 Å². The predicted molar refractivity (Wildman–Crippen MR) is 130 cm³/mol. The van der Waals surface area contributed by atoms with Gasteiger partial charge in [0.1, 0.15) is 12.0 Å². The van der Waals surface area contributed by atoms with Gasteiger partial charge in [-0.2, -0.15) is 16.9 Å². The topological polar surface area (TPSA) is 87.5 Å². The predicted octanol–water partition coefficient (Wildman–Crippen LogP) is 3.70. The first-order valence-electron chi connectivity index (χ1n) is 11.3. The van der Waals surface area contributed by atoms with Crippen LogP contribution in [0.1, 0.15) is 56.5 Å². The lowest BCUT2D eigenvalue weighted by Crippen LogP contribution is -2.48. The van der Waals surface area contributed by atoms with Crippen LogP contribution in [0.15, 0.2) is 48.5 Å². The van der Waals surface area contributed by atoms with Crippen molar-refractivity contribution < 1.29 is 14.4 Å². The van der Waals surface area contributed by atoms with Crippen molar-refractivity contribution in [2.75, 3.05) is 16.8 Å². The molecule has 0 aliphatic carbocycles. The second-order valence-corrected chi connectivity index (χ2v) is 9.68. The zero-order valence-electron chi connectivity index (χ0n) is 18.7. The maximum Gasteiger partial charge on any atom is 0.260 e. The van der Waals surface area contributed by atoms with Crippen molar-refractivity contribution in [1.29, 1.82) is 0 Å². The first kappa shape index (κ1) is 21.0. The molecule has 3 aliphatic heterocycles. The Morgan fingerprint density at radius 1 is 1.06 bits per heavy atom. The highest BCUT2D eigenvalue weighted by atomic mass is 32.2. The largest absolute Gasteiger partial charge is 0.313 e. The molecule has 3 amide bonds. The molecule has 34 heavy (non-hydrogen) atoms. The van der Waals surface area contributed by atoms with Crippen molar-refractivity contribution >= 4 is 41.0 Å². The minimum atomic E-state index is -0.494. The smallest absolute Gasteiger partial charge is 0.260 e. The fourth-order valence-corrected chi connectivity index (χ4v) is 6.14. The molecule has 1 aromatic heterocycles. The SMILES string of the molecule is Cn1nc2c(c1NC(=O)CCCN1C(=O)c3ccccc3N3C(=O)c4ccccc4[C@@H]13)CSC2. The number of aromatic nitrogens is 2. The van der Waals surface area contributed by atoms with Crippen molar-refractivity contribution in [2.45, 2.75) is 30.5 Å². The molecule has 3 aliphatic rings. The van der Waals surface area contributed by atoms with E-state index in [1.165, 1.54) is 0 Å². The number of rotatable bonds is 5. The normalized spacial score (nSPS) is 18.0. The zero-order chi connectivity index (χ0) is 23.4. The van der Waals surface area contributed by atoms with E-state index in [9.17, 15) is 14.4 Å². The highest BCUT2D eigenvalue weighted by Gasteiger charge is 2.47. The summed E-state index contributed by atoms with van der Waals surface area (Å²) in [5.41, 5.74) is 4.71. The third kappa shape index (κ3) is 3.14. The average molecular weight is 474 g/mol. The highest BCUT2D eigenvalue weighted by Crippen LogP contribution is 2.45. The van der Waals surface area contributed by atoms with Gasteiger partial charge in [0.15, 0.2) is 0 Å². The minimum absolute atomic E-state index is 0.104. The van der Waals surface area contributed by atoms with Gasteiger partial charge >= 0.3 is 0 Å². The molecule has 0 unspecified atom stereocenters. The quantitative estimate of drug-likeness (QED) is 0.611. The van der Waals surface area contributed by atoms with Gasteiger partial charge in [-0.15, -0.1) is 0 Å². The van der Waals surface area contributed by atoms with E-state index in [0.717, 1.165) is 34.1 Å². The fourth-order valence-electron chi connectivity index (χ4n) is 5.10. The first-order chi connectivity index (χ1) is 16.5. The molecule has 2 aromatic carbocycles. The highest BCUT2D eigenvalue weighted by molar-refractivity contribution is 7.98. The number of para-hydroxylation sites is 1. The Balaban J connectivity index is 1.22. The zero-order valence-corrected chi connectivity index (χ0v) is 19.5. The van der Waals surface area contributed by atoms with Gasteiger partial charge in [-0.1, -0.05) is 30.3 Å². The van der Waals surface area contributed by atoms with E-state index in [-0.39, 0.29) is 24.1 Å².